The maximum absolute atomic E-state index is 8.49. The zero-order valence-corrected chi connectivity index (χ0v) is 8.99. The van der Waals surface area contributed by atoms with Crippen LogP contribution in [0.2, 0.25) is 0 Å². The van der Waals surface area contributed by atoms with Crippen molar-refractivity contribution in [2.45, 2.75) is 40.2 Å². The molecule has 0 aliphatic heterocycles. The number of hydrogen-bond acceptors (Lipinski definition) is 3. The van der Waals surface area contributed by atoms with Gasteiger partial charge in [-0.25, -0.2) is 0 Å². The first-order chi connectivity index (χ1) is 6.70. The molecule has 0 saturated heterocycles. The predicted molar refractivity (Wildman–Crippen MR) is 56.0 cm³/mol. The zero-order valence-electron chi connectivity index (χ0n) is 8.99. The minimum atomic E-state index is 0.913. The molecule has 0 amide bonds. The van der Waals surface area contributed by atoms with Gasteiger partial charge in [-0.3, -0.25) is 4.68 Å². The van der Waals surface area contributed by atoms with E-state index in [0.29, 0.717) is 0 Å². The molecule has 0 atom stereocenters. The smallest absolute Gasteiger partial charge is 0.0770 e. The number of aryl methyl sites for hydroxylation is 2. The van der Waals surface area contributed by atoms with Crippen LogP contribution in [0.5, 0.6) is 0 Å². The summed E-state index contributed by atoms with van der Waals surface area (Å²) >= 11 is 0. The monoisotopic (exact) mass is 195 g/mol. The SMILES string of the molecule is CCCCn1nc(C)c(/C=N/O)c1C. The summed E-state index contributed by atoms with van der Waals surface area (Å²) in [5, 5.41) is 15.9. The first-order valence-electron chi connectivity index (χ1n) is 4.92. The number of rotatable bonds is 4. The van der Waals surface area contributed by atoms with Gasteiger partial charge in [0.25, 0.3) is 0 Å². The Morgan fingerprint density at radius 2 is 2.21 bits per heavy atom. The van der Waals surface area contributed by atoms with Gasteiger partial charge in [-0.05, 0) is 20.3 Å². The van der Waals surface area contributed by atoms with Crippen LogP contribution < -0.4 is 0 Å². The fraction of sp³-hybridized carbons (Fsp3) is 0.600. The second kappa shape index (κ2) is 4.79. The van der Waals surface area contributed by atoms with Crippen LogP contribution >= 0.6 is 0 Å². The minimum Gasteiger partial charge on any atom is -0.411 e. The number of hydrogen-bond donors (Lipinski definition) is 1. The Bertz CT molecular complexity index is 328. The standard InChI is InChI=1S/C10H17N3O/c1-4-5-6-13-9(3)10(7-11-14)8(2)12-13/h7,14H,4-6H2,1-3H3/b11-7+. The molecular weight excluding hydrogens is 178 g/mol. The fourth-order valence-corrected chi connectivity index (χ4v) is 1.48. The predicted octanol–water partition coefficient (Wildman–Crippen LogP) is 2.11. The van der Waals surface area contributed by atoms with Crippen molar-refractivity contribution in [2.75, 3.05) is 0 Å². The molecule has 0 radical (unpaired) electrons. The molecule has 0 aromatic carbocycles. The largest absolute Gasteiger partial charge is 0.411 e. The van der Waals surface area contributed by atoms with Crippen molar-refractivity contribution in [2.24, 2.45) is 5.16 Å². The lowest BCUT2D eigenvalue weighted by Gasteiger charge is -2.01. The van der Waals surface area contributed by atoms with Crippen LogP contribution in [0, 0.1) is 13.8 Å². The van der Waals surface area contributed by atoms with E-state index < -0.39 is 0 Å². The van der Waals surface area contributed by atoms with Gasteiger partial charge in [0.05, 0.1) is 11.9 Å². The van der Waals surface area contributed by atoms with Gasteiger partial charge in [0, 0.05) is 17.8 Å². The molecule has 4 heteroatoms. The highest BCUT2D eigenvalue weighted by Gasteiger charge is 2.08. The molecule has 4 nitrogen and oxygen atoms in total. The average Bonchev–Trinajstić information content (AvgIpc) is 2.43. The van der Waals surface area contributed by atoms with E-state index in [1.807, 2.05) is 18.5 Å². The highest BCUT2D eigenvalue weighted by molar-refractivity contribution is 5.82. The molecule has 14 heavy (non-hydrogen) atoms. The van der Waals surface area contributed by atoms with Crippen LogP contribution in [-0.4, -0.2) is 21.2 Å². The maximum atomic E-state index is 8.49. The minimum absolute atomic E-state index is 0.913. The molecule has 0 unspecified atom stereocenters. The number of oxime groups is 1. The molecule has 1 aromatic rings. The quantitative estimate of drug-likeness (QED) is 0.454. The summed E-state index contributed by atoms with van der Waals surface area (Å²) < 4.78 is 1.97. The normalized spacial score (nSPS) is 11.4. The van der Waals surface area contributed by atoms with Crippen LogP contribution in [0.4, 0.5) is 0 Å². The number of nitrogens with zero attached hydrogens (tertiary/aromatic N) is 3. The zero-order chi connectivity index (χ0) is 10.6. The maximum Gasteiger partial charge on any atom is 0.0770 e. The second-order valence-corrected chi connectivity index (χ2v) is 3.41. The first-order valence-corrected chi connectivity index (χ1v) is 4.92. The lowest BCUT2D eigenvalue weighted by Crippen LogP contribution is -2.02. The third-order valence-corrected chi connectivity index (χ3v) is 2.35. The van der Waals surface area contributed by atoms with Crippen LogP contribution in [0.25, 0.3) is 0 Å². The van der Waals surface area contributed by atoms with Crippen molar-refractivity contribution < 1.29 is 5.21 Å². The lowest BCUT2D eigenvalue weighted by molar-refractivity contribution is 0.322. The molecule has 1 heterocycles. The van der Waals surface area contributed by atoms with Crippen molar-refractivity contribution in [1.82, 2.24) is 9.78 Å². The molecule has 0 bridgehead atoms. The van der Waals surface area contributed by atoms with E-state index in [1.54, 1.807) is 0 Å². The van der Waals surface area contributed by atoms with Crippen LogP contribution in [0.15, 0.2) is 5.16 Å². The van der Waals surface area contributed by atoms with Gasteiger partial charge in [0.1, 0.15) is 0 Å². The Labute approximate surface area is 84.2 Å². The molecule has 1 rings (SSSR count). The van der Waals surface area contributed by atoms with Gasteiger partial charge in [0.15, 0.2) is 0 Å². The Hall–Kier alpha value is -1.32. The van der Waals surface area contributed by atoms with E-state index in [9.17, 15) is 0 Å². The highest BCUT2D eigenvalue weighted by Crippen LogP contribution is 2.11. The molecule has 1 N–H and O–H groups in total. The summed E-state index contributed by atoms with van der Waals surface area (Å²) in [6.07, 6.45) is 3.72. The lowest BCUT2D eigenvalue weighted by atomic mass is 10.2. The molecule has 0 fully saturated rings. The first kappa shape index (κ1) is 10.8. The number of unbranched alkanes of at least 4 members (excludes halogenated alkanes) is 1. The van der Waals surface area contributed by atoms with Crippen molar-refractivity contribution in [3.8, 4) is 0 Å². The third-order valence-electron chi connectivity index (χ3n) is 2.35. The Balaban J connectivity index is 2.92. The highest BCUT2D eigenvalue weighted by atomic mass is 16.4. The summed E-state index contributed by atoms with van der Waals surface area (Å²) in [6.45, 7) is 7.00. The van der Waals surface area contributed by atoms with E-state index >= 15 is 0 Å². The Kier molecular flexibility index (Phi) is 3.68. The van der Waals surface area contributed by atoms with Crippen LogP contribution in [0.3, 0.4) is 0 Å². The van der Waals surface area contributed by atoms with Crippen molar-refractivity contribution >= 4 is 6.21 Å². The molecule has 1 aromatic heterocycles. The summed E-state index contributed by atoms with van der Waals surface area (Å²) in [6, 6.07) is 0. The summed E-state index contributed by atoms with van der Waals surface area (Å²) in [5.74, 6) is 0. The van der Waals surface area contributed by atoms with Crippen LogP contribution in [0.1, 0.15) is 36.7 Å². The van der Waals surface area contributed by atoms with E-state index in [0.717, 1.165) is 36.3 Å². The Morgan fingerprint density at radius 1 is 1.50 bits per heavy atom. The fourth-order valence-electron chi connectivity index (χ4n) is 1.48. The van der Waals surface area contributed by atoms with Gasteiger partial charge in [-0.15, -0.1) is 0 Å². The molecule has 0 saturated carbocycles. The Morgan fingerprint density at radius 3 is 2.79 bits per heavy atom. The summed E-state index contributed by atoms with van der Waals surface area (Å²) in [7, 11) is 0. The third kappa shape index (κ3) is 2.13. The number of aromatic nitrogens is 2. The van der Waals surface area contributed by atoms with Gasteiger partial charge in [-0.1, -0.05) is 18.5 Å². The van der Waals surface area contributed by atoms with E-state index in [4.69, 9.17) is 5.21 Å². The van der Waals surface area contributed by atoms with Gasteiger partial charge in [0.2, 0.25) is 0 Å². The second-order valence-electron chi connectivity index (χ2n) is 3.41. The topological polar surface area (TPSA) is 50.4 Å². The van der Waals surface area contributed by atoms with Crippen molar-refractivity contribution in [3.05, 3.63) is 17.0 Å². The van der Waals surface area contributed by atoms with Crippen molar-refractivity contribution in [1.29, 1.82) is 0 Å². The van der Waals surface area contributed by atoms with E-state index in [1.165, 1.54) is 6.21 Å². The summed E-state index contributed by atoms with van der Waals surface area (Å²) in [5.41, 5.74) is 2.90. The van der Waals surface area contributed by atoms with Gasteiger partial charge >= 0.3 is 0 Å². The summed E-state index contributed by atoms with van der Waals surface area (Å²) in [4.78, 5) is 0. The molecule has 0 aliphatic rings. The van der Waals surface area contributed by atoms with Crippen molar-refractivity contribution in [3.63, 3.8) is 0 Å². The molecule has 0 aliphatic carbocycles. The van der Waals surface area contributed by atoms with E-state index in [2.05, 4.69) is 17.2 Å². The molecule has 0 spiro atoms. The average molecular weight is 195 g/mol. The van der Waals surface area contributed by atoms with Gasteiger partial charge in [-0.2, -0.15) is 5.10 Å². The van der Waals surface area contributed by atoms with E-state index in [-0.39, 0.29) is 0 Å². The molecular formula is C10H17N3O. The molecule has 78 valence electrons. The van der Waals surface area contributed by atoms with Gasteiger partial charge < -0.3 is 5.21 Å². The van der Waals surface area contributed by atoms with Crippen LogP contribution in [-0.2, 0) is 6.54 Å².